The standard InChI is InChI=1S/C31H33ClN4O/c1-34(2)24-16-12-21(13-17-24)20-23-8-7-10-27-29(23)33-36(31(37)26-9-5-6-11-28(26)32)30(27)22-14-18-25(19-15-22)35(3)4/h5-6,9,11-20,27,30H,7-8,10H2,1-4H3/b23-20+/t27-,30+/m1/s1. The fraction of sp³-hybridized carbons (Fsp3) is 0.290. The second kappa shape index (κ2) is 10.4. The number of hydrogen-bond acceptors (Lipinski definition) is 4. The van der Waals surface area contributed by atoms with Crippen LogP contribution >= 0.6 is 11.6 Å². The Morgan fingerprint density at radius 2 is 1.54 bits per heavy atom. The van der Waals surface area contributed by atoms with Crippen molar-refractivity contribution >= 4 is 40.7 Å². The third kappa shape index (κ3) is 5.01. The summed E-state index contributed by atoms with van der Waals surface area (Å²) in [7, 11) is 8.15. The molecule has 1 aliphatic carbocycles. The van der Waals surface area contributed by atoms with Crippen LogP contribution in [-0.2, 0) is 0 Å². The Hall–Kier alpha value is -3.57. The number of benzene rings is 3. The molecule has 1 fully saturated rings. The molecule has 0 N–H and O–H groups in total. The molecule has 1 amide bonds. The summed E-state index contributed by atoms with van der Waals surface area (Å²) in [5.74, 6) is -0.0263. The lowest BCUT2D eigenvalue weighted by molar-refractivity contribution is 0.0681. The molecule has 37 heavy (non-hydrogen) atoms. The molecule has 0 radical (unpaired) electrons. The summed E-state index contributed by atoms with van der Waals surface area (Å²) in [5, 5.41) is 7.15. The maximum absolute atomic E-state index is 13.8. The van der Waals surface area contributed by atoms with E-state index in [4.69, 9.17) is 16.7 Å². The van der Waals surface area contributed by atoms with Crippen LogP contribution < -0.4 is 9.80 Å². The van der Waals surface area contributed by atoms with Crippen molar-refractivity contribution in [3.8, 4) is 0 Å². The number of rotatable bonds is 5. The van der Waals surface area contributed by atoms with Crippen LogP contribution in [0.4, 0.5) is 11.4 Å². The summed E-state index contributed by atoms with van der Waals surface area (Å²) in [4.78, 5) is 18.0. The van der Waals surface area contributed by atoms with Gasteiger partial charge in [-0.15, -0.1) is 0 Å². The quantitative estimate of drug-likeness (QED) is 0.373. The molecule has 0 spiro atoms. The van der Waals surface area contributed by atoms with Gasteiger partial charge in [0.2, 0.25) is 0 Å². The number of fused-ring (bicyclic) bond motifs is 1. The molecule has 2 aliphatic rings. The highest BCUT2D eigenvalue weighted by molar-refractivity contribution is 6.33. The SMILES string of the molecule is CN(C)c1ccc(/C=C2\CCC[C@@H]3C2=NN(C(=O)c2ccccc2Cl)[C@H]3c2ccc(N(C)C)cc2)cc1. The fourth-order valence-electron chi connectivity index (χ4n) is 5.30. The minimum absolute atomic E-state index is 0.137. The van der Waals surface area contributed by atoms with E-state index in [1.165, 1.54) is 11.3 Å². The van der Waals surface area contributed by atoms with E-state index in [2.05, 4.69) is 64.4 Å². The van der Waals surface area contributed by atoms with Crippen molar-refractivity contribution in [2.75, 3.05) is 38.0 Å². The van der Waals surface area contributed by atoms with Crippen molar-refractivity contribution in [2.24, 2.45) is 11.0 Å². The molecular weight excluding hydrogens is 480 g/mol. The van der Waals surface area contributed by atoms with Gasteiger partial charge in [-0.1, -0.05) is 48.0 Å². The Morgan fingerprint density at radius 1 is 0.919 bits per heavy atom. The van der Waals surface area contributed by atoms with Gasteiger partial charge in [-0.05, 0) is 78.4 Å². The van der Waals surface area contributed by atoms with E-state index >= 15 is 0 Å². The average molecular weight is 513 g/mol. The van der Waals surface area contributed by atoms with Gasteiger partial charge < -0.3 is 9.80 Å². The summed E-state index contributed by atoms with van der Waals surface area (Å²) in [6, 6.07) is 24.1. The first-order chi connectivity index (χ1) is 17.8. The summed E-state index contributed by atoms with van der Waals surface area (Å²) in [6.07, 6.45) is 5.24. The normalized spacial score (nSPS) is 20.0. The van der Waals surface area contributed by atoms with Gasteiger partial charge in [0.05, 0.1) is 22.3 Å². The van der Waals surface area contributed by atoms with Crippen molar-refractivity contribution in [1.29, 1.82) is 0 Å². The van der Waals surface area contributed by atoms with Gasteiger partial charge in [0.15, 0.2) is 0 Å². The van der Waals surface area contributed by atoms with Crippen LogP contribution in [0.1, 0.15) is 46.8 Å². The molecule has 0 bridgehead atoms. The molecule has 1 saturated carbocycles. The Labute approximate surface area is 224 Å². The third-order valence-corrected chi connectivity index (χ3v) is 7.64. The number of nitrogens with zero attached hydrogens (tertiary/aromatic N) is 4. The second-order valence-corrected chi connectivity index (χ2v) is 10.6. The van der Waals surface area contributed by atoms with Crippen molar-refractivity contribution in [2.45, 2.75) is 25.3 Å². The molecule has 3 aromatic carbocycles. The summed E-state index contributed by atoms with van der Waals surface area (Å²) < 4.78 is 0. The number of hydrazone groups is 1. The Morgan fingerprint density at radius 3 is 2.16 bits per heavy atom. The minimum atomic E-state index is -0.171. The van der Waals surface area contributed by atoms with Crippen LogP contribution in [0.5, 0.6) is 0 Å². The molecule has 190 valence electrons. The summed E-state index contributed by atoms with van der Waals surface area (Å²) in [5.41, 5.74) is 7.23. The van der Waals surface area contributed by atoms with E-state index < -0.39 is 0 Å². The molecule has 5 rings (SSSR count). The van der Waals surface area contributed by atoms with Crippen LogP contribution in [0.25, 0.3) is 6.08 Å². The van der Waals surface area contributed by atoms with Gasteiger partial charge in [0, 0.05) is 45.5 Å². The van der Waals surface area contributed by atoms with Crippen molar-refractivity contribution < 1.29 is 4.79 Å². The zero-order chi connectivity index (χ0) is 26.1. The van der Waals surface area contributed by atoms with E-state index in [1.54, 1.807) is 17.1 Å². The molecule has 0 unspecified atom stereocenters. The predicted molar refractivity (Wildman–Crippen MR) is 155 cm³/mol. The van der Waals surface area contributed by atoms with Gasteiger partial charge in [-0.3, -0.25) is 4.79 Å². The Kier molecular flexibility index (Phi) is 7.07. The molecule has 1 heterocycles. The van der Waals surface area contributed by atoms with Crippen LogP contribution in [0.2, 0.25) is 5.02 Å². The average Bonchev–Trinajstić information content (AvgIpc) is 3.29. The van der Waals surface area contributed by atoms with E-state index in [1.807, 2.05) is 40.3 Å². The number of carbonyl (C=O) groups is 1. The Balaban J connectivity index is 1.55. The number of anilines is 2. The fourth-order valence-corrected chi connectivity index (χ4v) is 5.52. The maximum atomic E-state index is 13.8. The molecule has 5 nitrogen and oxygen atoms in total. The number of halogens is 1. The van der Waals surface area contributed by atoms with Crippen LogP contribution in [0.3, 0.4) is 0 Å². The highest BCUT2D eigenvalue weighted by atomic mass is 35.5. The maximum Gasteiger partial charge on any atom is 0.276 e. The summed E-state index contributed by atoms with van der Waals surface area (Å²) in [6.45, 7) is 0. The lowest BCUT2D eigenvalue weighted by atomic mass is 9.77. The van der Waals surface area contributed by atoms with Crippen LogP contribution in [0.15, 0.2) is 83.5 Å². The predicted octanol–water partition coefficient (Wildman–Crippen LogP) is 6.91. The van der Waals surface area contributed by atoms with E-state index in [9.17, 15) is 4.79 Å². The lowest BCUT2D eigenvalue weighted by Gasteiger charge is -2.30. The molecule has 1 aliphatic heterocycles. The van der Waals surface area contributed by atoms with E-state index in [-0.39, 0.29) is 17.9 Å². The highest BCUT2D eigenvalue weighted by Crippen LogP contribution is 2.45. The van der Waals surface area contributed by atoms with Gasteiger partial charge in [0.1, 0.15) is 0 Å². The van der Waals surface area contributed by atoms with E-state index in [0.29, 0.717) is 10.6 Å². The summed E-state index contributed by atoms with van der Waals surface area (Å²) >= 11 is 6.45. The first-order valence-electron chi connectivity index (χ1n) is 12.8. The molecular formula is C31H33ClN4O. The Bertz CT molecular complexity index is 1340. The van der Waals surface area contributed by atoms with Gasteiger partial charge in [0.25, 0.3) is 5.91 Å². The highest BCUT2D eigenvalue weighted by Gasteiger charge is 2.44. The third-order valence-electron chi connectivity index (χ3n) is 7.32. The number of carbonyl (C=O) groups excluding carboxylic acids is 1. The molecule has 6 heteroatoms. The second-order valence-electron chi connectivity index (χ2n) is 10.2. The minimum Gasteiger partial charge on any atom is -0.378 e. The number of amides is 1. The molecule has 3 aromatic rings. The van der Waals surface area contributed by atoms with Gasteiger partial charge in [-0.2, -0.15) is 5.10 Å². The number of hydrogen-bond donors (Lipinski definition) is 0. The topological polar surface area (TPSA) is 39.1 Å². The molecule has 0 saturated heterocycles. The monoisotopic (exact) mass is 512 g/mol. The van der Waals surface area contributed by atoms with Crippen LogP contribution in [0, 0.1) is 5.92 Å². The lowest BCUT2D eigenvalue weighted by Crippen LogP contribution is -2.32. The zero-order valence-corrected chi connectivity index (χ0v) is 22.6. The smallest absolute Gasteiger partial charge is 0.276 e. The van der Waals surface area contributed by atoms with Crippen molar-refractivity contribution in [3.63, 3.8) is 0 Å². The first kappa shape index (κ1) is 25.1. The van der Waals surface area contributed by atoms with Gasteiger partial charge >= 0.3 is 0 Å². The molecule has 0 aromatic heterocycles. The largest absolute Gasteiger partial charge is 0.378 e. The first-order valence-corrected chi connectivity index (χ1v) is 13.1. The van der Waals surface area contributed by atoms with Gasteiger partial charge in [-0.25, -0.2) is 5.01 Å². The zero-order valence-electron chi connectivity index (χ0n) is 21.9. The van der Waals surface area contributed by atoms with Crippen molar-refractivity contribution in [1.82, 2.24) is 5.01 Å². The van der Waals surface area contributed by atoms with Crippen LogP contribution in [-0.4, -0.2) is 44.8 Å². The van der Waals surface area contributed by atoms with Crippen molar-refractivity contribution in [3.05, 3.63) is 100 Å². The number of allylic oxidation sites excluding steroid dienone is 1. The van der Waals surface area contributed by atoms with E-state index in [0.717, 1.165) is 41.8 Å². The molecule has 2 atom stereocenters.